The van der Waals surface area contributed by atoms with Crippen LogP contribution in [0.4, 0.5) is 0 Å². The summed E-state index contributed by atoms with van der Waals surface area (Å²) in [5, 5.41) is 0. The first kappa shape index (κ1) is 15.0. The molecule has 1 atom stereocenters. The van der Waals surface area contributed by atoms with Crippen LogP contribution in [0.1, 0.15) is 6.42 Å². The first-order valence-electron chi connectivity index (χ1n) is 3.15. The molecule has 3 N–H and O–H groups in total. The number of rotatable bonds is 5. The van der Waals surface area contributed by atoms with Crippen LogP contribution in [0.3, 0.4) is 0 Å². The molecule has 0 aliphatic heterocycles. The fourth-order valence-corrected chi connectivity index (χ4v) is 1.87. The number of halogens is 1. The molecule has 7 heteroatoms. The van der Waals surface area contributed by atoms with Crippen LogP contribution in [0.2, 0.25) is 0 Å². The van der Waals surface area contributed by atoms with E-state index in [1.54, 1.807) is 11.8 Å². The Morgan fingerprint density at radius 3 is 2.42 bits per heavy atom. The average molecular weight is 236 g/mol. The van der Waals surface area contributed by atoms with E-state index >= 15 is 0 Å². The predicted molar refractivity (Wildman–Crippen MR) is 54.6 cm³/mol. The zero-order chi connectivity index (χ0) is 8.91. The number of hydrogen-bond donors (Lipinski definition) is 2. The van der Waals surface area contributed by atoms with E-state index in [4.69, 9.17) is 10.3 Å². The van der Waals surface area contributed by atoms with Crippen molar-refractivity contribution in [2.75, 3.05) is 17.8 Å². The summed E-state index contributed by atoms with van der Waals surface area (Å²) in [6.07, 6.45) is 2.53. The van der Waals surface area contributed by atoms with Gasteiger partial charge in [0.25, 0.3) is 10.1 Å². The van der Waals surface area contributed by atoms with Gasteiger partial charge < -0.3 is 5.73 Å². The fraction of sp³-hybridized carbons (Fsp3) is 1.00. The summed E-state index contributed by atoms with van der Waals surface area (Å²) in [6.45, 7) is 0. The van der Waals surface area contributed by atoms with E-state index in [2.05, 4.69) is 0 Å². The molecule has 0 radical (unpaired) electrons. The van der Waals surface area contributed by atoms with Crippen molar-refractivity contribution in [2.45, 2.75) is 12.5 Å². The highest BCUT2D eigenvalue weighted by Crippen LogP contribution is 2.00. The van der Waals surface area contributed by atoms with Crippen molar-refractivity contribution < 1.29 is 13.0 Å². The third kappa shape index (κ3) is 10.5. The highest BCUT2D eigenvalue weighted by molar-refractivity contribution is 7.98. The lowest BCUT2D eigenvalue weighted by Crippen LogP contribution is -2.29. The molecule has 0 bridgehead atoms. The highest BCUT2D eigenvalue weighted by atomic mass is 35.5. The second-order valence-electron chi connectivity index (χ2n) is 2.29. The second-order valence-corrected chi connectivity index (χ2v) is 4.77. The maximum absolute atomic E-state index is 10.3. The van der Waals surface area contributed by atoms with Gasteiger partial charge in [-0.2, -0.15) is 20.2 Å². The van der Waals surface area contributed by atoms with Crippen LogP contribution in [-0.2, 0) is 10.1 Å². The van der Waals surface area contributed by atoms with Gasteiger partial charge in [-0.3, -0.25) is 4.55 Å². The van der Waals surface area contributed by atoms with Gasteiger partial charge in [0.15, 0.2) is 0 Å². The maximum atomic E-state index is 10.3. The summed E-state index contributed by atoms with van der Waals surface area (Å²) in [5.74, 6) is 0.476. The van der Waals surface area contributed by atoms with Crippen LogP contribution in [0.25, 0.3) is 0 Å². The zero-order valence-corrected chi connectivity index (χ0v) is 9.21. The van der Waals surface area contributed by atoms with Crippen molar-refractivity contribution in [3.05, 3.63) is 0 Å². The molecular formula is C5H14ClNO3S2. The lowest BCUT2D eigenvalue weighted by Gasteiger charge is -2.06. The normalized spacial score (nSPS) is 13.6. The second kappa shape index (κ2) is 6.97. The standard InChI is InChI=1S/C5H13NO3S2.ClH/c1-10-3-2-5(6)4-11(7,8)9;/h5H,2-4,6H2,1H3,(H,7,8,9);1H/t5-;/m1./s1. The molecule has 0 aromatic rings. The van der Waals surface area contributed by atoms with Gasteiger partial charge in [0.05, 0.1) is 5.75 Å². The smallest absolute Gasteiger partial charge is 0.266 e. The first-order chi connectivity index (χ1) is 4.95. The van der Waals surface area contributed by atoms with E-state index in [1.165, 1.54) is 0 Å². The lowest BCUT2D eigenvalue weighted by atomic mass is 10.3. The SMILES string of the molecule is CSCC[C@@H](N)CS(=O)(=O)O.Cl. The molecule has 76 valence electrons. The molecule has 0 spiro atoms. The van der Waals surface area contributed by atoms with Crippen LogP contribution >= 0.6 is 24.2 Å². The highest BCUT2D eigenvalue weighted by Gasteiger charge is 2.11. The first-order valence-corrected chi connectivity index (χ1v) is 6.15. The van der Waals surface area contributed by atoms with E-state index in [0.717, 1.165) is 5.75 Å². The Morgan fingerprint density at radius 2 is 2.08 bits per heavy atom. The molecule has 0 aromatic carbocycles. The molecule has 12 heavy (non-hydrogen) atoms. The molecule has 0 saturated carbocycles. The lowest BCUT2D eigenvalue weighted by molar-refractivity contribution is 0.476. The number of nitrogens with two attached hydrogens (primary N) is 1. The predicted octanol–water partition coefficient (Wildman–Crippen LogP) is 0.376. The van der Waals surface area contributed by atoms with Crippen LogP contribution < -0.4 is 5.73 Å². The molecule has 0 amide bonds. The van der Waals surface area contributed by atoms with Crippen LogP contribution in [-0.4, -0.2) is 36.8 Å². The Hall–Kier alpha value is 0.510. The van der Waals surface area contributed by atoms with Gasteiger partial charge in [-0.05, 0) is 18.4 Å². The summed E-state index contributed by atoms with van der Waals surface area (Å²) >= 11 is 1.60. The summed E-state index contributed by atoms with van der Waals surface area (Å²) in [5.41, 5.74) is 5.39. The molecule has 0 unspecified atom stereocenters. The zero-order valence-electron chi connectivity index (χ0n) is 6.76. The quantitative estimate of drug-likeness (QED) is 0.674. The molecule has 0 aromatic heterocycles. The Morgan fingerprint density at radius 1 is 1.58 bits per heavy atom. The fourth-order valence-electron chi connectivity index (χ4n) is 0.623. The van der Waals surface area contributed by atoms with Gasteiger partial charge >= 0.3 is 0 Å². The van der Waals surface area contributed by atoms with Crippen molar-refractivity contribution in [2.24, 2.45) is 5.73 Å². The van der Waals surface area contributed by atoms with Crippen LogP contribution in [0.15, 0.2) is 0 Å². The summed E-state index contributed by atoms with van der Waals surface area (Å²) in [6, 6.07) is -0.447. The Bertz CT molecular complexity index is 195. The molecule has 0 heterocycles. The Balaban J connectivity index is 0. The van der Waals surface area contributed by atoms with E-state index < -0.39 is 16.2 Å². The molecule has 0 aliphatic carbocycles. The van der Waals surface area contributed by atoms with Gasteiger partial charge in [0.2, 0.25) is 0 Å². The minimum atomic E-state index is -3.89. The van der Waals surface area contributed by atoms with E-state index in [-0.39, 0.29) is 18.2 Å². The van der Waals surface area contributed by atoms with Crippen molar-refractivity contribution in [1.29, 1.82) is 0 Å². The topological polar surface area (TPSA) is 80.4 Å². The molecule has 4 nitrogen and oxygen atoms in total. The van der Waals surface area contributed by atoms with Crippen LogP contribution in [0, 0.1) is 0 Å². The van der Waals surface area contributed by atoms with Gasteiger partial charge in [0, 0.05) is 6.04 Å². The monoisotopic (exact) mass is 235 g/mol. The Kier molecular flexibility index (Phi) is 8.71. The van der Waals surface area contributed by atoms with Crippen molar-refractivity contribution in [3.8, 4) is 0 Å². The van der Waals surface area contributed by atoms with Crippen molar-refractivity contribution >= 4 is 34.3 Å². The minimum absolute atomic E-state index is 0. The number of hydrogen-bond acceptors (Lipinski definition) is 4. The van der Waals surface area contributed by atoms with Gasteiger partial charge in [-0.15, -0.1) is 12.4 Å². The summed E-state index contributed by atoms with van der Waals surface area (Å²) in [7, 11) is -3.89. The van der Waals surface area contributed by atoms with Gasteiger partial charge in [-0.25, -0.2) is 0 Å². The molecule has 0 fully saturated rings. The Labute approximate surface area is 83.4 Å². The van der Waals surface area contributed by atoms with E-state index in [1.807, 2.05) is 6.26 Å². The van der Waals surface area contributed by atoms with E-state index in [0.29, 0.717) is 6.42 Å². The maximum Gasteiger partial charge on any atom is 0.266 e. The average Bonchev–Trinajstić information content (AvgIpc) is 1.79. The molecule has 0 aliphatic rings. The number of thioether (sulfide) groups is 1. The third-order valence-corrected chi connectivity index (χ3v) is 2.61. The molecule has 0 rings (SSSR count). The summed E-state index contributed by atoms with van der Waals surface area (Å²) < 4.78 is 28.9. The largest absolute Gasteiger partial charge is 0.327 e. The van der Waals surface area contributed by atoms with Crippen LogP contribution in [0.5, 0.6) is 0 Å². The molecule has 0 saturated heterocycles. The minimum Gasteiger partial charge on any atom is -0.327 e. The summed E-state index contributed by atoms with van der Waals surface area (Å²) in [4.78, 5) is 0. The molecular weight excluding hydrogens is 222 g/mol. The van der Waals surface area contributed by atoms with Crippen molar-refractivity contribution in [3.63, 3.8) is 0 Å². The van der Waals surface area contributed by atoms with Gasteiger partial charge in [-0.1, -0.05) is 0 Å². The van der Waals surface area contributed by atoms with E-state index in [9.17, 15) is 8.42 Å². The van der Waals surface area contributed by atoms with Gasteiger partial charge in [0.1, 0.15) is 0 Å². The van der Waals surface area contributed by atoms with Crippen molar-refractivity contribution in [1.82, 2.24) is 0 Å². The third-order valence-electron chi connectivity index (χ3n) is 1.12.